The lowest BCUT2D eigenvalue weighted by atomic mass is 10.1. The molecular weight excluding hydrogens is 327 g/mol. The molecule has 0 aliphatic carbocycles. The molecule has 1 aliphatic rings. The number of rotatable bonds is 4. The van der Waals surface area contributed by atoms with Crippen LogP contribution in [0.15, 0.2) is 42.5 Å². The second-order valence-corrected chi connectivity index (χ2v) is 6.80. The highest BCUT2D eigenvalue weighted by molar-refractivity contribution is 7.16. The highest BCUT2D eigenvalue weighted by atomic mass is 32.1. The van der Waals surface area contributed by atoms with Crippen LogP contribution >= 0.6 is 11.3 Å². The number of likely N-dealkylation sites (tertiary alicyclic amines) is 1. The summed E-state index contributed by atoms with van der Waals surface area (Å²) in [5.74, 6) is -1.01. The summed E-state index contributed by atoms with van der Waals surface area (Å²) in [5, 5.41) is 0. The number of thiophene rings is 1. The van der Waals surface area contributed by atoms with E-state index in [0.717, 1.165) is 9.75 Å². The molecule has 4 nitrogen and oxygen atoms in total. The first-order chi connectivity index (χ1) is 11.5. The minimum Gasteiger partial charge on any atom is -0.369 e. The fourth-order valence-electron chi connectivity index (χ4n) is 2.70. The third kappa shape index (κ3) is 3.54. The van der Waals surface area contributed by atoms with Gasteiger partial charge in [0.25, 0.3) is 0 Å². The Morgan fingerprint density at radius 1 is 1.25 bits per heavy atom. The normalized spacial score (nSPS) is 17.5. The summed E-state index contributed by atoms with van der Waals surface area (Å²) in [6.45, 7) is 0.922. The fraction of sp³-hybridized carbons (Fsp3) is 0.222. The first kappa shape index (κ1) is 16.4. The summed E-state index contributed by atoms with van der Waals surface area (Å²) in [5.41, 5.74) is 5.82. The smallest absolute Gasteiger partial charge is 0.246 e. The fourth-order valence-corrected chi connectivity index (χ4v) is 3.64. The molecule has 0 spiro atoms. The maximum Gasteiger partial charge on any atom is 0.246 e. The molecule has 0 unspecified atom stereocenters. The number of hydrogen-bond acceptors (Lipinski definition) is 3. The summed E-state index contributed by atoms with van der Waals surface area (Å²) >= 11 is 1.42. The van der Waals surface area contributed by atoms with E-state index < -0.39 is 0 Å². The van der Waals surface area contributed by atoms with Gasteiger partial charge in [0, 0.05) is 34.5 Å². The molecule has 0 radical (unpaired) electrons. The molecule has 124 valence electrons. The van der Waals surface area contributed by atoms with Crippen LogP contribution in [-0.4, -0.2) is 29.8 Å². The number of primary amides is 1. The van der Waals surface area contributed by atoms with E-state index in [1.54, 1.807) is 29.2 Å². The van der Waals surface area contributed by atoms with Crippen LogP contribution in [0.2, 0.25) is 0 Å². The summed E-state index contributed by atoms with van der Waals surface area (Å²) in [6.07, 6.45) is 3.82. The van der Waals surface area contributed by atoms with Crippen LogP contribution in [0.4, 0.5) is 4.39 Å². The van der Waals surface area contributed by atoms with Crippen molar-refractivity contribution in [3.63, 3.8) is 0 Å². The van der Waals surface area contributed by atoms with Crippen molar-refractivity contribution in [3.05, 3.63) is 53.2 Å². The minimum absolute atomic E-state index is 0.139. The van der Waals surface area contributed by atoms with Gasteiger partial charge in [-0.3, -0.25) is 9.59 Å². The zero-order valence-corrected chi connectivity index (χ0v) is 13.8. The standard InChI is InChI=1S/C18H17FN2O2S/c19-15-4-2-1-3-14(15)16-7-5-13(24-16)6-8-17(22)21-10-9-12(11-21)18(20)23/h1-8,12H,9-11H2,(H2,20,23)/b8-6-/t12-/m1/s1. The third-order valence-electron chi connectivity index (χ3n) is 4.06. The van der Waals surface area contributed by atoms with Crippen LogP contribution < -0.4 is 5.73 Å². The van der Waals surface area contributed by atoms with Crippen molar-refractivity contribution < 1.29 is 14.0 Å². The molecule has 0 bridgehead atoms. The van der Waals surface area contributed by atoms with Gasteiger partial charge in [0.05, 0.1) is 5.92 Å². The van der Waals surface area contributed by atoms with Crippen LogP contribution in [0.3, 0.4) is 0 Å². The van der Waals surface area contributed by atoms with Crippen molar-refractivity contribution in [1.82, 2.24) is 4.90 Å². The highest BCUT2D eigenvalue weighted by Crippen LogP contribution is 2.30. The van der Waals surface area contributed by atoms with Crippen molar-refractivity contribution in [3.8, 4) is 10.4 Å². The van der Waals surface area contributed by atoms with Crippen molar-refractivity contribution >= 4 is 29.2 Å². The van der Waals surface area contributed by atoms with Gasteiger partial charge in [-0.1, -0.05) is 18.2 Å². The molecule has 2 amide bonds. The van der Waals surface area contributed by atoms with Gasteiger partial charge in [-0.2, -0.15) is 0 Å². The van der Waals surface area contributed by atoms with Crippen LogP contribution in [-0.2, 0) is 9.59 Å². The first-order valence-corrected chi connectivity index (χ1v) is 8.47. The van der Waals surface area contributed by atoms with Gasteiger partial charge in [-0.05, 0) is 30.7 Å². The summed E-state index contributed by atoms with van der Waals surface area (Å²) in [7, 11) is 0. The minimum atomic E-state index is -0.359. The molecular formula is C18H17FN2O2S. The number of hydrogen-bond donors (Lipinski definition) is 1. The monoisotopic (exact) mass is 344 g/mol. The van der Waals surface area contributed by atoms with Gasteiger partial charge in [0.15, 0.2) is 0 Å². The molecule has 2 N–H and O–H groups in total. The van der Waals surface area contributed by atoms with Crippen LogP contribution in [0.5, 0.6) is 0 Å². The molecule has 2 heterocycles. The molecule has 1 aromatic heterocycles. The number of nitrogens with zero attached hydrogens (tertiary/aromatic N) is 1. The Morgan fingerprint density at radius 2 is 2.04 bits per heavy atom. The van der Waals surface area contributed by atoms with Crippen molar-refractivity contribution in [1.29, 1.82) is 0 Å². The largest absolute Gasteiger partial charge is 0.369 e. The predicted molar refractivity (Wildman–Crippen MR) is 92.6 cm³/mol. The van der Waals surface area contributed by atoms with Crippen LogP contribution in [0, 0.1) is 11.7 Å². The predicted octanol–water partition coefficient (Wildman–Crippen LogP) is 2.90. The lowest BCUT2D eigenvalue weighted by Crippen LogP contribution is -2.30. The van der Waals surface area contributed by atoms with E-state index in [1.165, 1.54) is 23.5 Å². The van der Waals surface area contributed by atoms with Gasteiger partial charge in [-0.15, -0.1) is 11.3 Å². The van der Waals surface area contributed by atoms with E-state index in [4.69, 9.17) is 5.73 Å². The second-order valence-electron chi connectivity index (χ2n) is 5.69. The quantitative estimate of drug-likeness (QED) is 0.867. The number of amides is 2. The SMILES string of the molecule is NC(=O)[C@@H]1CCN(C(=O)/C=C\c2ccc(-c3ccccc3F)s2)C1. The molecule has 3 rings (SSSR count). The Kier molecular flexibility index (Phi) is 4.76. The highest BCUT2D eigenvalue weighted by Gasteiger charge is 2.28. The number of carbonyl (C=O) groups excluding carboxylic acids is 2. The van der Waals surface area contributed by atoms with Crippen molar-refractivity contribution in [2.24, 2.45) is 11.7 Å². The maximum absolute atomic E-state index is 13.8. The molecule has 1 saturated heterocycles. The van der Waals surface area contributed by atoms with E-state index in [2.05, 4.69) is 0 Å². The molecule has 1 aromatic carbocycles. The summed E-state index contributed by atoms with van der Waals surface area (Å²) < 4.78 is 13.8. The lowest BCUT2D eigenvalue weighted by molar-refractivity contribution is -0.125. The van der Waals surface area contributed by atoms with Gasteiger partial charge in [0.2, 0.25) is 11.8 Å². The number of nitrogens with two attached hydrogens (primary N) is 1. The van der Waals surface area contributed by atoms with Gasteiger partial charge >= 0.3 is 0 Å². The number of benzene rings is 1. The third-order valence-corrected chi connectivity index (χ3v) is 5.14. The molecule has 1 fully saturated rings. The van der Waals surface area contributed by atoms with E-state index in [0.29, 0.717) is 25.1 Å². The van der Waals surface area contributed by atoms with Gasteiger partial charge in [-0.25, -0.2) is 4.39 Å². The summed E-state index contributed by atoms with van der Waals surface area (Å²) in [4.78, 5) is 26.6. The second kappa shape index (κ2) is 6.97. The van der Waals surface area contributed by atoms with E-state index in [9.17, 15) is 14.0 Å². The van der Waals surface area contributed by atoms with E-state index >= 15 is 0 Å². The van der Waals surface area contributed by atoms with Gasteiger partial charge < -0.3 is 10.6 Å². The molecule has 24 heavy (non-hydrogen) atoms. The van der Waals surface area contributed by atoms with Gasteiger partial charge in [0.1, 0.15) is 5.82 Å². The molecule has 2 aromatic rings. The first-order valence-electron chi connectivity index (χ1n) is 7.65. The average Bonchev–Trinajstić information content (AvgIpc) is 3.22. The van der Waals surface area contributed by atoms with Crippen LogP contribution in [0.1, 0.15) is 11.3 Å². The Labute approximate surface area is 143 Å². The average molecular weight is 344 g/mol. The Morgan fingerprint density at radius 3 is 2.75 bits per heavy atom. The zero-order valence-electron chi connectivity index (χ0n) is 12.9. The van der Waals surface area contributed by atoms with Crippen molar-refractivity contribution in [2.75, 3.05) is 13.1 Å². The summed E-state index contributed by atoms with van der Waals surface area (Å²) in [6, 6.07) is 10.3. The number of carbonyl (C=O) groups is 2. The molecule has 1 aliphatic heterocycles. The zero-order chi connectivity index (χ0) is 17.1. The topological polar surface area (TPSA) is 63.4 Å². The van der Waals surface area contributed by atoms with E-state index in [1.807, 2.05) is 12.1 Å². The lowest BCUT2D eigenvalue weighted by Gasteiger charge is -2.12. The molecule has 6 heteroatoms. The van der Waals surface area contributed by atoms with Crippen LogP contribution in [0.25, 0.3) is 16.5 Å². The molecule has 1 atom stereocenters. The number of halogens is 1. The van der Waals surface area contributed by atoms with E-state index in [-0.39, 0.29) is 23.5 Å². The Balaban J connectivity index is 1.67. The molecule has 0 saturated carbocycles. The Bertz CT molecular complexity index is 800. The van der Waals surface area contributed by atoms with Crippen molar-refractivity contribution in [2.45, 2.75) is 6.42 Å². The Hall–Kier alpha value is -2.47. The maximum atomic E-state index is 13.8.